The summed E-state index contributed by atoms with van der Waals surface area (Å²) in [5, 5.41) is 40.8. The average molecular weight is 334 g/mol. The van der Waals surface area contributed by atoms with Crippen molar-refractivity contribution >= 4 is 0 Å². The van der Waals surface area contributed by atoms with E-state index in [1.165, 1.54) is 0 Å². The van der Waals surface area contributed by atoms with Crippen molar-refractivity contribution < 1.29 is 34.6 Å². The Hall–Kier alpha value is -0.280. The predicted molar refractivity (Wildman–Crippen MR) is 81.6 cm³/mol. The lowest BCUT2D eigenvalue weighted by Crippen LogP contribution is -2.63. The van der Waals surface area contributed by atoms with Gasteiger partial charge in [0.25, 0.3) is 0 Å². The summed E-state index contributed by atoms with van der Waals surface area (Å²) >= 11 is 0. The minimum atomic E-state index is -1.21. The van der Waals surface area contributed by atoms with Gasteiger partial charge in [-0.1, -0.05) is 27.7 Å². The third-order valence-corrected chi connectivity index (χ3v) is 4.70. The molecule has 2 aliphatic heterocycles. The molecule has 0 aromatic carbocycles. The Morgan fingerprint density at radius 3 is 2.09 bits per heavy atom. The highest BCUT2D eigenvalue weighted by atomic mass is 16.7. The Labute approximate surface area is 137 Å². The Bertz CT molecular complexity index is 396. The Balaban J connectivity index is 2.06. The van der Waals surface area contributed by atoms with Gasteiger partial charge in [0, 0.05) is 5.92 Å². The zero-order valence-corrected chi connectivity index (χ0v) is 14.4. The van der Waals surface area contributed by atoms with E-state index in [1.54, 1.807) is 13.8 Å². The average Bonchev–Trinajstić information content (AvgIpc) is 2.46. The van der Waals surface area contributed by atoms with Crippen molar-refractivity contribution in [2.24, 2.45) is 11.3 Å². The second-order valence-electron chi connectivity index (χ2n) is 7.87. The number of hydrogen-bond acceptors (Lipinski definition) is 7. The number of aliphatic hydroxyl groups excluding tert-OH is 4. The summed E-state index contributed by atoms with van der Waals surface area (Å²) in [5.74, 6) is -0.203. The van der Waals surface area contributed by atoms with Gasteiger partial charge in [-0.05, 0) is 12.3 Å². The van der Waals surface area contributed by atoms with Gasteiger partial charge < -0.3 is 34.6 Å². The minimum Gasteiger partial charge on any atom is -0.390 e. The SMILES string of the molecule is CC1O[C@@H](C(C)(C)C)C(O)C(O)[C@H]1O[C@@H]1OC[C@@H](C)C(O)C1O. The molecule has 7 heteroatoms. The van der Waals surface area contributed by atoms with E-state index >= 15 is 0 Å². The fraction of sp³-hybridized carbons (Fsp3) is 1.00. The molecule has 2 heterocycles. The van der Waals surface area contributed by atoms with Crippen molar-refractivity contribution in [1.29, 1.82) is 0 Å². The van der Waals surface area contributed by atoms with Crippen molar-refractivity contribution in [3.63, 3.8) is 0 Å². The first kappa shape index (κ1) is 19.1. The summed E-state index contributed by atoms with van der Waals surface area (Å²) in [4.78, 5) is 0. The monoisotopic (exact) mass is 334 g/mol. The molecule has 2 fully saturated rings. The molecule has 2 rings (SSSR count). The van der Waals surface area contributed by atoms with Crippen molar-refractivity contribution in [3.05, 3.63) is 0 Å². The summed E-state index contributed by atoms with van der Waals surface area (Å²) < 4.78 is 16.9. The van der Waals surface area contributed by atoms with E-state index in [0.717, 1.165) is 0 Å². The van der Waals surface area contributed by atoms with Crippen LogP contribution in [0.15, 0.2) is 0 Å². The normalized spacial score (nSPS) is 49.2. The maximum Gasteiger partial charge on any atom is 0.186 e. The highest BCUT2D eigenvalue weighted by Gasteiger charge is 2.49. The van der Waals surface area contributed by atoms with Gasteiger partial charge in [0.1, 0.15) is 24.4 Å². The molecule has 4 N–H and O–H groups in total. The first-order valence-electron chi connectivity index (χ1n) is 8.18. The highest BCUT2D eigenvalue weighted by molar-refractivity contribution is 4.96. The van der Waals surface area contributed by atoms with Crippen LogP contribution < -0.4 is 0 Å². The summed E-state index contributed by atoms with van der Waals surface area (Å²) in [6, 6.07) is 0. The molecule has 0 amide bonds. The fourth-order valence-electron chi connectivity index (χ4n) is 3.16. The molecule has 9 atom stereocenters. The van der Waals surface area contributed by atoms with E-state index in [-0.39, 0.29) is 17.9 Å². The first-order valence-corrected chi connectivity index (χ1v) is 8.18. The van der Waals surface area contributed by atoms with E-state index < -0.39 is 49.0 Å². The highest BCUT2D eigenvalue weighted by Crippen LogP contribution is 2.35. The van der Waals surface area contributed by atoms with E-state index in [1.807, 2.05) is 20.8 Å². The van der Waals surface area contributed by atoms with Gasteiger partial charge in [-0.15, -0.1) is 0 Å². The van der Waals surface area contributed by atoms with E-state index in [9.17, 15) is 20.4 Å². The molecular formula is C16H30O7. The smallest absolute Gasteiger partial charge is 0.186 e. The number of rotatable bonds is 2. The number of hydrogen-bond donors (Lipinski definition) is 4. The maximum atomic E-state index is 10.4. The Morgan fingerprint density at radius 1 is 0.913 bits per heavy atom. The second-order valence-corrected chi connectivity index (χ2v) is 7.87. The number of aliphatic hydroxyl groups is 4. The molecule has 2 aliphatic rings. The largest absolute Gasteiger partial charge is 0.390 e. The van der Waals surface area contributed by atoms with Gasteiger partial charge in [-0.3, -0.25) is 0 Å². The lowest BCUT2D eigenvalue weighted by atomic mass is 9.80. The van der Waals surface area contributed by atoms with Crippen LogP contribution in [0.2, 0.25) is 0 Å². The van der Waals surface area contributed by atoms with E-state index in [4.69, 9.17) is 14.2 Å². The minimum absolute atomic E-state index is 0.203. The quantitative estimate of drug-likeness (QED) is 0.546. The van der Waals surface area contributed by atoms with Crippen LogP contribution in [-0.2, 0) is 14.2 Å². The predicted octanol–water partition coefficient (Wildman–Crippen LogP) is -0.359. The van der Waals surface area contributed by atoms with Crippen LogP contribution in [0.5, 0.6) is 0 Å². The summed E-state index contributed by atoms with van der Waals surface area (Å²) in [5.41, 5.74) is -0.341. The molecule has 0 aromatic heterocycles. The van der Waals surface area contributed by atoms with Crippen LogP contribution in [0.1, 0.15) is 34.6 Å². The van der Waals surface area contributed by atoms with E-state index in [0.29, 0.717) is 0 Å². The van der Waals surface area contributed by atoms with Gasteiger partial charge >= 0.3 is 0 Å². The zero-order chi connectivity index (χ0) is 17.5. The molecule has 0 saturated carbocycles. The van der Waals surface area contributed by atoms with Crippen LogP contribution in [0.4, 0.5) is 0 Å². The van der Waals surface area contributed by atoms with Gasteiger partial charge in [0.05, 0.1) is 24.9 Å². The Kier molecular flexibility index (Phi) is 5.73. The lowest BCUT2D eigenvalue weighted by Gasteiger charge is -2.48. The summed E-state index contributed by atoms with van der Waals surface area (Å²) in [7, 11) is 0. The van der Waals surface area contributed by atoms with Gasteiger partial charge in [0.2, 0.25) is 0 Å². The van der Waals surface area contributed by atoms with Crippen LogP contribution in [-0.4, -0.2) is 76.1 Å². The molecule has 0 aliphatic carbocycles. The molecule has 0 aromatic rings. The van der Waals surface area contributed by atoms with E-state index in [2.05, 4.69) is 0 Å². The standard InChI is InChI=1S/C16H30O7/c1-7-6-21-15(12(20)9(7)17)23-13-8(2)22-14(16(3,4)5)11(19)10(13)18/h7-15,17-20H,6H2,1-5H3/t7-,8?,9?,10?,11?,12?,13+,14-,15+/m1/s1. The third kappa shape index (κ3) is 3.87. The molecule has 0 radical (unpaired) electrons. The topological polar surface area (TPSA) is 109 Å². The molecule has 23 heavy (non-hydrogen) atoms. The molecule has 5 unspecified atom stereocenters. The first-order chi connectivity index (χ1) is 10.5. The lowest BCUT2D eigenvalue weighted by molar-refractivity contribution is -0.321. The molecular weight excluding hydrogens is 304 g/mol. The molecule has 0 spiro atoms. The Morgan fingerprint density at radius 2 is 1.52 bits per heavy atom. The van der Waals surface area contributed by atoms with Crippen molar-refractivity contribution in [2.45, 2.75) is 83.6 Å². The number of ether oxygens (including phenoxy) is 3. The van der Waals surface area contributed by atoms with Gasteiger partial charge in [0.15, 0.2) is 6.29 Å². The van der Waals surface area contributed by atoms with Gasteiger partial charge in [-0.2, -0.15) is 0 Å². The summed E-state index contributed by atoms with van der Waals surface area (Å²) in [6.45, 7) is 9.53. The molecule has 136 valence electrons. The van der Waals surface area contributed by atoms with Crippen LogP contribution >= 0.6 is 0 Å². The third-order valence-electron chi connectivity index (χ3n) is 4.70. The maximum absolute atomic E-state index is 10.4. The van der Waals surface area contributed by atoms with Crippen molar-refractivity contribution in [2.75, 3.05) is 6.61 Å². The fourth-order valence-corrected chi connectivity index (χ4v) is 3.16. The van der Waals surface area contributed by atoms with Gasteiger partial charge in [-0.25, -0.2) is 0 Å². The molecule has 7 nitrogen and oxygen atoms in total. The molecule has 0 bridgehead atoms. The second kappa shape index (κ2) is 6.92. The van der Waals surface area contributed by atoms with Crippen LogP contribution in [0.25, 0.3) is 0 Å². The van der Waals surface area contributed by atoms with Crippen LogP contribution in [0, 0.1) is 11.3 Å². The molecule has 2 saturated heterocycles. The van der Waals surface area contributed by atoms with Crippen LogP contribution in [0.3, 0.4) is 0 Å². The van der Waals surface area contributed by atoms with Crippen molar-refractivity contribution in [1.82, 2.24) is 0 Å². The van der Waals surface area contributed by atoms with Crippen molar-refractivity contribution in [3.8, 4) is 0 Å². The zero-order valence-electron chi connectivity index (χ0n) is 14.4. The summed E-state index contributed by atoms with van der Waals surface area (Å²) in [6.07, 6.45) is -7.40.